The lowest BCUT2D eigenvalue weighted by molar-refractivity contribution is 0.0694. The van der Waals surface area contributed by atoms with Gasteiger partial charge in [-0.25, -0.2) is 4.79 Å². The average molecular weight is 235 g/mol. The quantitative estimate of drug-likeness (QED) is 0.813. The second kappa shape index (κ2) is 4.40. The molecule has 1 aromatic rings. The first-order chi connectivity index (χ1) is 7.68. The summed E-state index contributed by atoms with van der Waals surface area (Å²) >= 11 is 5.18. The van der Waals surface area contributed by atoms with Crippen LogP contribution in [0.1, 0.15) is 22.5 Å². The van der Waals surface area contributed by atoms with E-state index in [2.05, 4.69) is 5.16 Å². The second-order valence-electron chi connectivity index (χ2n) is 3.39. The number of nitrogens with zero attached hydrogens (tertiary/aromatic N) is 1. The van der Waals surface area contributed by atoms with Crippen LogP contribution in [0, 0.1) is 0 Å². The van der Waals surface area contributed by atoms with Gasteiger partial charge in [-0.05, 0) is 5.57 Å². The Bertz CT molecular complexity index is 499. The zero-order valence-electron chi connectivity index (χ0n) is 8.34. The lowest BCUT2D eigenvalue weighted by Gasteiger charge is -2.08. The molecule has 0 fully saturated rings. The SMILES string of the molecule is O=C(O)c1cnoc1CC1=CC=CCC1=S. The fraction of sp³-hybridized carbons (Fsp3) is 0.182. The second-order valence-corrected chi connectivity index (χ2v) is 3.88. The van der Waals surface area contributed by atoms with Gasteiger partial charge in [0.1, 0.15) is 5.56 Å². The Hall–Kier alpha value is -1.75. The Morgan fingerprint density at radius 3 is 3.12 bits per heavy atom. The van der Waals surface area contributed by atoms with Gasteiger partial charge in [-0.2, -0.15) is 0 Å². The molecule has 16 heavy (non-hydrogen) atoms. The van der Waals surface area contributed by atoms with Crippen LogP contribution in [0.4, 0.5) is 0 Å². The van der Waals surface area contributed by atoms with Gasteiger partial charge in [0.15, 0.2) is 5.76 Å². The molecular formula is C11H9NO3S. The molecule has 2 rings (SSSR count). The van der Waals surface area contributed by atoms with Crippen molar-refractivity contribution in [2.24, 2.45) is 0 Å². The standard InChI is InChI=1S/C11H9NO3S/c13-11(14)8-6-12-15-9(8)5-7-3-1-2-4-10(7)16/h1-3,6H,4-5H2,(H,13,14). The van der Waals surface area contributed by atoms with Gasteiger partial charge in [0.05, 0.1) is 6.20 Å². The van der Waals surface area contributed by atoms with E-state index in [1.54, 1.807) is 0 Å². The zero-order chi connectivity index (χ0) is 11.5. The number of hydrogen-bond acceptors (Lipinski definition) is 4. The van der Waals surface area contributed by atoms with Crippen molar-refractivity contribution in [2.45, 2.75) is 12.8 Å². The first-order valence-corrected chi connectivity index (χ1v) is 5.15. The monoisotopic (exact) mass is 235 g/mol. The van der Waals surface area contributed by atoms with Gasteiger partial charge in [0.2, 0.25) is 0 Å². The average Bonchev–Trinajstić information content (AvgIpc) is 2.69. The normalized spacial score (nSPS) is 15.0. The number of carboxylic acid groups (broad SMARTS) is 1. The molecule has 1 N–H and O–H groups in total. The molecule has 0 aliphatic heterocycles. The maximum atomic E-state index is 10.8. The first kappa shape index (κ1) is 10.8. The van der Waals surface area contributed by atoms with Gasteiger partial charge in [0.25, 0.3) is 0 Å². The maximum absolute atomic E-state index is 10.8. The fourth-order valence-corrected chi connectivity index (χ4v) is 1.72. The lowest BCUT2D eigenvalue weighted by Crippen LogP contribution is -2.07. The van der Waals surface area contributed by atoms with E-state index >= 15 is 0 Å². The predicted molar refractivity (Wildman–Crippen MR) is 61.6 cm³/mol. The molecule has 0 spiro atoms. The van der Waals surface area contributed by atoms with Crippen LogP contribution < -0.4 is 0 Å². The van der Waals surface area contributed by atoms with Crippen molar-refractivity contribution < 1.29 is 14.4 Å². The summed E-state index contributed by atoms with van der Waals surface area (Å²) in [6.45, 7) is 0. The molecule has 0 amide bonds. The van der Waals surface area contributed by atoms with Crippen LogP contribution in [-0.4, -0.2) is 21.1 Å². The Morgan fingerprint density at radius 2 is 2.44 bits per heavy atom. The van der Waals surface area contributed by atoms with E-state index in [0.29, 0.717) is 12.2 Å². The molecule has 82 valence electrons. The number of rotatable bonds is 3. The lowest BCUT2D eigenvalue weighted by atomic mass is 9.99. The van der Waals surface area contributed by atoms with Crippen LogP contribution in [0.5, 0.6) is 0 Å². The number of aromatic carboxylic acids is 1. The highest BCUT2D eigenvalue weighted by Crippen LogP contribution is 2.18. The largest absolute Gasteiger partial charge is 0.478 e. The molecular weight excluding hydrogens is 226 g/mol. The highest BCUT2D eigenvalue weighted by atomic mass is 32.1. The van der Waals surface area contributed by atoms with Gasteiger partial charge in [-0.1, -0.05) is 35.6 Å². The third-order valence-electron chi connectivity index (χ3n) is 2.32. The molecule has 0 aromatic carbocycles. The van der Waals surface area contributed by atoms with Crippen LogP contribution in [0.3, 0.4) is 0 Å². The highest BCUT2D eigenvalue weighted by molar-refractivity contribution is 7.80. The molecule has 1 heterocycles. The summed E-state index contributed by atoms with van der Waals surface area (Å²) < 4.78 is 4.92. The third kappa shape index (κ3) is 2.09. The van der Waals surface area contributed by atoms with Crippen molar-refractivity contribution in [1.29, 1.82) is 0 Å². The van der Waals surface area contributed by atoms with Crippen LogP contribution in [0.15, 0.2) is 34.5 Å². The number of carboxylic acids is 1. The van der Waals surface area contributed by atoms with Crippen molar-refractivity contribution in [2.75, 3.05) is 0 Å². The molecule has 0 atom stereocenters. The van der Waals surface area contributed by atoms with Crippen LogP contribution in [0.2, 0.25) is 0 Å². The van der Waals surface area contributed by atoms with E-state index in [0.717, 1.165) is 16.9 Å². The number of aromatic nitrogens is 1. The Balaban J connectivity index is 2.24. The van der Waals surface area contributed by atoms with Crippen LogP contribution in [0.25, 0.3) is 0 Å². The first-order valence-electron chi connectivity index (χ1n) is 4.74. The van der Waals surface area contributed by atoms with E-state index in [4.69, 9.17) is 21.8 Å². The Morgan fingerprint density at radius 1 is 1.62 bits per heavy atom. The Labute approximate surface area is 97.2 Å². The zero-order valence-corrected chi connectivity index (χ0v) is 9.16. The summed E-state index contributed by atoms with van der Waals surface area (Å²) in [5.41, 5.74) is 1.01. The topological polar surface area (TPSA) is 63.3 Å². The minimum Gasteiger partial charge on any atom is -0.478 e. The van der Waals surface area contributed by atoms with Crippen molar-refractivity contribution in [3.63, 3.8) is 0 Å². The minimum absolute atomic E-state index is 0.0956. The van der Waals surface area contributed by atoms with E-state index in [-0.39, 0.29) is 5.56 Å². The van der Waals surface area contributed by atoms with E-state index in [1.807, 2.05) is 18.2 Å². The highest BCUT2D eigenvalue weighted by Gasteiger charge is 2.18. The van der Waals surface area contributed by atoms with E-state index in [1.165, 1.54) is 6.20 Å². The molecule has 0 bridgehead atoms. The molecule has 0 saturated heterocycles. The third-order valence-corrected chi connectivity index (χ3v) is 2.75. The summed E-state index contributed by atoms with van der Waals surface area (Å²) in [7, 11) is 0. The summed E-state index contributed by atoms with van der Waals surface area (Å²) in [6.07, 6.45) is 8.05. The molecule has 1 aliphatic rings. The van der Waals surface area contributed by atoms with Crippen LogP contribution in [-0.2, 0) is 6.42 Å². The van der Waals surface area contributed by atoms with Crippen molar-refractivity contribution in [1.82, 2.24) is 5.16 Å². The molecule has 5 heteroatoms. The molecule has 1 aliphatic carbocycles. The smallest absolute Gasteiger partial charge is 0.340 e. The van der Waals surface area contributed by atoms with Crippen molar-refractivity contribution >= 4 is 23.1 Å². The van der Waals surface area contributed by atoms with Crippen molar-refractivity contribution in [3.05, 3.63) is 41.3 Å². The molecule has 0 unspecified atom stereocenters. The molecule has 4 nitrogen and oxygen atoms in total. The summed E-state index contributed by atoms with van der Waals surface area (Å²) in [5, 5.41) is 12.4. The van der Waals surface area contributed by atoms with Crippen molar-refractivity contribution in [3.8, 4) is 0 Å². The van der Waals surface area contributed by atoms with E-state index < -0.39 is 5.97 Å². The summed E-state index contributed by atoms with van der Waals surface area (Å²) in [6, 6.07) is 0. The summed E-state index contributed by atoms with van der Waals surface area (Å²) in [5.74, 6) is -0.689. The van der Waals surface area contributed by atoms with E-state index in [9.17, 15) is 4.79 Å². The minimum atomic E-state index is -1.03. The van der Waals surface area contributed by atoms with Gasteiger partial charge in [-0.15, -0.1) is 0 Å². The Kier molecular flexibility index (Phi) is 2.96. The predicted octanol–water partition coefficient (Wildman–Crippen LogP) is 2.17. The summed E-state index contributed by atoms with van der Waals surface area (Å²) in [4.78, 5) is 11.7. The fourth-order valence-electron chi connectivity index (χ4n) is 1.48. The molecule has 0 radical (unpaired) electrons. The van der Waals surface area contributed by atoms with Gasteiger partial charge in [-0.3, -0.25) is 0 Å². The van der Waals surface area contributed by atoms with Gasteiger partial charge in [0, 0.05) is 17.7 Å². The maximum Gasteiger partial charge on any atom is 0.340 e. The van der Waals surface area contributed by atoms with Gasteiger partial charge >= 0.3 is 5.97 Å². The molecule has 1 aromatic heterocycles. The van der Waals surface area contributed by atoms with Gasteiger partial charge < -0.3 is 9.63 Å². The number of allylic oxidation sites excluding steroid dienone is 4. The molecule has 0 saturated carbocycles. The number of carbonyl (C=O) groups is 1. The number of thiocarbonyl (C=S) groups is 1. The van der Waals surface area contributed by atoms with Crippen LogP contribution >= 0.6 is 12.2 Å². The number of hydrogen-bond donors (Lipinski definition) is 1.